The monoisotopic (exact) mass is 145 g/mol. The molecule has 0 aliphatic heterocycles. The first kappa shape index (κ1) is 8.90. The Labute approximate surface area is 59.0 Å². The fourth-order valence-corrected chi connectivity index (χ4v) is 0.649. The van der Waals surface area contributed by atoms with Crippen LogP contribution in [-0.2, 0) is 9.59 Å². The normalized spacial score (nSPS) is 10.4. The number of hydrogen-bond donors (Lipinski definition) is 2. The average molecular weight is 145 g/mol. The number of carbonyl (C=O) groups excluding carboxylic acids is 2. The topological polar surface area (TPSA) is 89.4 Å². The van der Waals surface area contributed by atoms with Crippen LogP contribution < -0.4 is 11.5 Å². The summed E-state index contributed by atoms with van der Waals surface area (Å²) in [4.78, 5) is 22.3. The first-order valence-corrected chi connectivity index (χ1v) is 2.72. The number of amides is 2. The Morgan fingerprint density at radius 1 is 1.20 bits per heavy atom. The van der Waals surface area contributed by atoms with Crippen molar-refractivity contribution >= 4 is 11.8 Å². The number of hydrogen-bond acceptors (Lipinski definition) is 3. The van der Waals surface area contributed by atoms with Gasteiger partial charge in [-0.1, -0.05) is 0 Å². The molecule has 0 atom stereocenters. The van der Waals surface area contributed by atoms with Gasteiger partial charge in [0.2, 0.25) is 11.8 Å². The largest absolute Gasteiger partial charge is 0.368 e. The van der Waals surface area contributed by atoms with Crippen LogP contribution in [-0.4, -0.2) is 36.9 Å². The molecule has 4 N–H and O–H groups in total. The molecule has 0 aromatic heterocycles. The van der Waals surface area contributed by atoms with Crippen LogP contribution in [0.25, 0.3) is 0 Å². The minimum absolute atomic E-state index is 0.725. The van der Waals surface area contributed by atoms with E-state index in [9.17, 15) is 9.59 Å². The first-order valence-electron chi connectivity index (χ1n) is 2.72. The maximum absolute atomic E-state index is 10.5. The second-order valence-corrected chi connectivity index (χ2v) is 2.17. The van der Waals surface area contributed by atoms with Crippen LogP contribution in [0.3, 0.4) is 0 Å². The van der Waals surface area contributed by atoms with Gasteiger partial charge in [-0.15, -0.1) is 0 Å². The molecule has 0 unspecified atom stereocenters. The molecule has 0 aromatic carbocycles. The molecule has 2 amide bonds. The van der Waals surface area contributed by atoms with Crippen molar-refractivity contribution in [3.05, 3.63) is 0 Å². The molecule has 0 rings (SSSR count). The Balaban J connectivity index is 4.27. The molecular weight excluding hydrogens is 134 g/mol. The Morgan fingerprint density at radius 2 is 1.50 bits per heavy atom. The molecule has 0 aromatic rings. The van der Waals surface area contributed by atoms with Crippen LogP contribution in [0.15, 0.2) is 0 Å². The fraction of sp³-hybridized carbons (Fsp3) is 0.600. The van der Waals surface area contributed by atoms with E-state index in [-0.39, 0.29) is 0 Å². The number of nitrogens with two attached hydrogens (primary N) is 2. The van der Waals surface area contributed by atoms with Gasteiger partial charge in [-0.25, -0.2) is 0 Å². The first-order chi connectivity index (χ1) is 4.46. The number of rotatable bonds is 3. The smallest absolute Gasteiger partial charge is 0.244 e. The second kappa shape index (κ2) is 3.17. The second-order valence-electron chi connectivity index (χ2n) is 2.17. The van der Waals surface area contributed by atoms with Gasteiger partial charge in [0, 0.05) is 0 Å². The van der Waals surface area contributed by atoms with Crippen LogP contribution in [0.2, 0.25) is 0 Å². The van der Waals surface area contributed by atoms with Crippen LogP contribution >= 0.6 is 0 Å². The lowest BCUT2D eigenvalue weighted by atomic mass is 10.2. The van der Waals surface area contributed by atoms with Crippen molar-refractivity contribution in [2.75, 3.05) is 14.1 Å². The van der Waals surface area contributed by atoms with Crippen LogP contribution in [0, 0.1) is 0 Å². The Morgan fingerprint density at radius 3 is 1.50 bits per heavy atom. The summed E-state index contributed by atoms with van der Waals surface area (Å²) in [6.07, 6.45) is 0. The van der Waals surface area contributed by atoms with E-state index >= 15 is 0 Å². The summed E-state index contributed by atoms with van der Waals surface area (Å²) in [5.74, 6) is -1.45. The number of primary amides is 2. The van der Waals surface area contributed by atoms with Crippen molar-refractivity contribution in [3.63, 3.8) is 0 Å². The van der Waals surface area contributed by atoms with Crippen LogP contribution in [0.5, 0.6) is 0 Å². The van der Waals surface area contributed by atoms with Crippen molar-refractivity contribution in [1.82, 2.24) is 4.90 Å². The molecule has 0 spiro atoms. The van der Waals surface area contributed by atoms with Gasteiger partial charge in [-0.3, -0.25) is 14.5 Å². The van der Waals surface area contributed by atoms with Gasteiger partial charge >= 0.3 is 0 Å². The third-order valence-corrected chi connectivity index (χ3v) is 1.06. The van der Waals surface area contributed by atoms with E-state index < -0.39 is 17.9 Å². The predicted molar refractivity (Wildman–Crippen MR) is 35.9 cm³/mol. The summed E-state index contributed by atoms with van der Waals surface area (Å²) in [6.45, 7) is 0. The van der Waals surface area contributed by atoms with Gasteiger partial charge < -0.3 is 11.5 Å². The highest BCUT2D eigenvalue weighted by Crippen LogP contribution is 1.88. The molecule has 10 heavy (non-hydrogen) atoms. The van der Waals surface area contributed by atoms with Gasteiger partial charge in [0.25, 0.3) is 0 Å². The zero-order chi connectivity index (χ0) is 8.31. The van der Waals surface area contributed by atoms with Crippen molar-refractivity contribution in [1.29, 1.82) is 0 Å². The van der Waals surface area contributed by atoms with Gasteiger partial charge in [0.1, 0.15) is 0 Å². The van der Waals surface area contributed by atoms with Crippen molar-refractivity contribution < 1.29 is 9.59 Å². The Kier molecular flexibility index (Phi) is 2.82. The summed E-state index contributed by atoms with van der Waals surface area (Å²) in [5, 5.41) is 0. The third kappa shape index (κ3) is 2.02. The molecule has 58 valence electrons. The van der Waals surface area contributed by atoms with E-state index in [0.717, 1.165) is 0 Å². The number of nitrogens with zero attached hydrogens (tertiary/aromatic N) is 1. The van der Waals surface area contributed by atoms with E-state index in [1.165, 1.54) is 4.90 Å². The van der Waals surface area contributed by atoms with Gasteiger partial charge in [-0.05, 0) is 14.1 Å². The van der Waals surface area contributed by atoms with Crippen molar-refractivity contribution in [2.45, 2.75) is 6.04 Å². The van der Waals surface area contributed by atoms with Crippen molar-refractivity contribution in [2.24, 2.45) is 11.5 Å². The molecule has 0 radical (unpaired) electrons. The molecule has 0 fully saturated rings. The average Bonchev–Trinajstić information content (AvgIpc) is 1.59. The highest BCUT2D eigenvalue weighted by molar-refractivity contribution is 6.02. The molecule has 0 aliphatic rings. The minimum Gasteiger partial charge on any atom is -0.368 e. The van der Waals surface area contributed by atoms with Gasteiger partial charge in [0.05, 0.1) is 0 Å². The molecular formula is C5H11N3O2. The predicted octanol–water partition coefficient (Wildman–Crippen LogP) is -2.11. The highest BCUT2D eigenvalue weighted by atomic mass is 16.2. The van der Waals surface area contributed by atoms with E-state index in [1.54, 1.807) is 14.1 Å². The Hall–Kier alpha value is -1.10. The zero-order valence-electron chi connectivity index (χ0n) is 6.00. The number of carbonyl (C=O) groups is 2. The fourth-order valence-electron chi connectivity index (χ4n) is 0.649. The van der Waals surface area contributed by atoms with Gasteiger partial charge in [-0.2, -0.15) is 0 Å². The van der Waals surface area contributed by atoms with Crippen molar-refractivity contribution in [3.8, 4) is 0 Å². The standard InChI is InChI=1S/C5H11N3O2/c1-8(2)3(4(6)9)5(7)10/h3H,1-2H3,(H2,6,9)(H2,7,10). The van der Waals surface area contributed by atoms with Crippen LogP contribution in [0.1, 0.15) is 0 Å². The summed E-state index contributed by atoms with van der Waals surface area (Å²) in [7, 11) is 3.11. The third-order valence-electron chi connectivity index (χ3n) is 1.06. The molecule has 0 saturated carbocycles. The maximum Gasteiger partial charge on any atom is 0.244 e. The Bertz CT molecular complexity index is 141. The van der Waals surface area contributed by atoms with Gasteiger partial charge in [0.15, 0.2) is 6.04 Å². The lowest BCUT2D eigenvalue weighted by molar-refractivity contribution is -0.132. The highest BCUT2D eigenvalue weighted by Gasteiger charge is 2.23. The summed E-state index contributed by atoms with van der Waals surface area (Å²) < 4.78 is 0. The van der Waals surface area contributed by atoms with Crippen LogP contribution in [0.4, 0.5) is 0 Å². The summed E-state index contributed by atoms with van der Waals surface area (Å²) in [5.41, 5.74) is 9.71. The molecule has 0 aliphatic carbocycles. The zero-order valence-corrected chi connectivity index (χ0v) is 6.00. The molecule has 0 heterocycles. The minimum atomic E-state index is -1.00. The summed E-state index contributed by atoms with van der Waals surface area (Å²) in [6, 6.07) is -1.00. The molecule has 5 nitrogen and oxygen atoms in total. The van der Waals surface area contributed by atoms with E-state index in [1.807, 2.05) is 0 Å². The molecule has 0 bridgehead atoms. The van der Waals surface area contributed by atoms with E-state index in [2.05, 4.69) is 0 Å². The van der Waals surface area contributed by atoms with E-state index in [0.29, 0.717) is 0 Å². The maximum atomic E-state index is 10.5. The molecule has 5 heteroatoms. The number of likely N-dealkylation sites (N-methyl/N-ethyl adjacent to an activating group) is 1. The lowest BCUT2D eigenvalue weighted by Crippen LogP contribution is -2.49. The molecule has 0 saturated heterocycles. The lowest BCUT2D eigenvalue weighted by Gasteiger charge is -2.16. The SMILES string of the molecule is CN(C)C(C(N)=O)C(N)=O. The van der Waals surface area contributed by atoms with E-state index in [4.69, 9.17) is 11.5 Å². The quantitative estimate of drug-likeness (QED) is 0.445. The summed E-state index contributed by atoms with van der Waals surface area (Å²) >= 11 is 0.